The van der Waals surface area contributed by atoms with Crippen LogP contribution < -0.4 is 11.3 Å². The van der Waals surface area contributed by atoms with Crippen molar-refractivity contribution >= 4 is 5.82 Å². The molecule has 0 saturated carbocycles. The molecule has 15 heavy (non-hydrogen) atoms. The van der Waals surface area contributed by atoms with E-state index < -0.39 is 0 Å². The van der Waals surface area contributed by atoms with Crippen molar-refractivity contribution < 1.29 is 0 Å². The maximum absolute atomic E-state index is 8.93. The summed E-state index contributed by atoms with van der Waals surface area (Å²) in [5.41, 5.74) is 5.29. The predicted octanol–water partition coefficient (Wildman–Crippen LogP) is 1.36. The lowest BCUT2D eigenvalue weighted by atomic mass is 9.87. The molecule has 0 bridgehead atoms. The molecule has 1 aliphatic carbocycles. The number of pyridine rings is 1. The van der Waals surface area contributed by atoms with Gasteiger partial charge in [0.2, 0.25) is 0 Å². The molecule has 0 aromatic carbocycles. The molecule has 4 nitrogen and oxygen atoms in total. The van der Waals surface area contributed by atoms with Crippen molar-refractivity contribution in [1.29, 1.82) is 5.26 Å². The smallest absolute Gasteiger partial charge is 0.158 e. The number of anilines is 1. The fraction of sp³-hybridized carbons (Fsp3) is 0.455. The van der Waals surface area contributed by atoms with Crippen molar-refractivity contribution in [1.82, 2.24) is 4.98 Å². The van der Waals surface area contributed by atoms with Crippen LogP contribution in [0.25, 0.3) is 0 Å². The Balaban J connectivity index is 2.46. The Bertz CT molecular complexity index is 419. The summed E-state index contributed by atoms with van der Waals surface area (Å²) in [6, 6.07) is 4.02. The average molecular weight is 202 g/mol. The van der Waals surface area contributed by atoms with Crippen molar-refractivity contribution in [2.75, 3.05) is 5.43 Å². The van der Waals surface area contributed by atoms with Gasteiger partial charge < -0.3 is 5.43 Å². The second-order valence-electron chi connectivity index (χ2n) is 4.09. The highest BCUT2D eigenvalue weighted by Crippen LogP contribution is 2.26. The number of nitriles is 1. The van der Waals surface area contributed by atoms with Gasteiger partial charge >= 0.3 is 0 Å². The zero-order valence-electron chi connectivity index (χ0n) is 8.75. The van der Waals surface area contributed by atoms with Gasteiger partial charge in [0.25, 0.3) is 0 Å². The first-order valence-corrected chi connectivity index (χ1v) is 5.14. The topological polar surface area (TPSA) is 74.7 Å². The fourth-order valence-corrected chi connectivity index (χ4v) is 2.04. The van der Waals surface area contributed by atoms with Crippen molar-refractivity contribution in [3.8, 4) is 6.07 Å². The molecule has 1 atom stereocenters. The first-order valence-electron chi connectivity index (χ1n) is 5.14. The highest BCUT2D eigenvalue weighted by atomic mass is 15.2. The predicted molar refractivity (Wildman–Crippen MR) is 58.0 cm³/mol. The average Bonchev–Trinajstić information content (AvgIpc) is 2.27. The van der Waals surface area contributed by atoms with Crippen molar-refractivity contribution in [3.63, 3.8) is 0 Å². The normalized spacial score (nSPS) is 19.1. The number of hydrogen-bond acceptors (Lipinski definition) is 4. The Hall–Kier alpha value is -1.60. The Labute approximate surface area is 89.1 Å². The van der Waals surface area contributed by atoms with E-state index >= 15 is 0 Å². The van der Waals surface area contributed by atoms with Crippen LogP contribution in [0.4, 0.5) is 5.82 Å². The first kappa shape index (κ1) is 9.94. The van der Waals surface area contributed by atoms with Crippen molar-refractivity contribution in [3.05, 3.63) is 22.9 Å². The molecule has 0 saturated heterocycles. The molecule has 1 aromatic heterocycles. The van der Waals surface area contributed by atoms with Gasteiger partial charge in [0.15, 0.2) is 5.82 Å². The molecule has 0 radical (unpaired) electrons. The zero-order valence-corrected chi connectivity index (χ0v) is 8.75. The van der Waals surface area contributed by atoms with Gasteiger partial charge in [-0.05, 0) is 36.8 Å². The highest BCUT2D eigenvalue weighted by Gasteiger charge is 2.18. The van der Waals surface area contributed by atoms with Gasteiger partial charge in [-0.3, -0.25) is 0 Å². The van der Waals surface area contributed by atoms with E-state index in [2.05, 4.69) is 23.4 Å². The van der Waals surface area contributed by atoms with Gasteiger partial charge in [-0.1, -0.05) is 6.92 Å². The van der Waals surface area contributed by atoms with Gasteiger partial charge in [-0.2, -0.15) is 5.26 Å². The van der Waals surface area contributed by atoms with E-state index in [1.165, 1.54) is 5.56 Å². The lowest BCUT2D eigenvalue weighted by Crippen LogP contribution is -2.17. The molecule has 1 aliphatic rings. The first-order chi connectivity index (χ1) is 7.24. The van der Waals surface area contributed by atoms with Crippen molar-refractivity contribution in [2.24, 2.45) is 11.8 Å². The summed E-state index contributed by atoms with van der Waals surface area (Å²) >= 11 is 0. The number of hydrazine groups is 1. The molecule has 0 aliphatic heterocycles. The van der Waals surface area contributed by atoms with Crippen LogP contribution in [0.3, 0.4) is 0 Å². The largest absolute Gasteiger partial charge is 0.307 e. The number of fused-ring (bicyclic) bond motifs is 1. The zero-order chi connectivity index (χ0) is 10.8. The quantitative estimate of drug-likeness (QED) is 0.532. The number of nitrogens with one attached hydrogen (secondary N) is 1. The van der Waals surface area contributed by atoms with Crippen LogP contribution in [-0.4, -0.2) is 4.98 Å². The summed E-state index contributed by atoms with van der Waals surface area (Å²) in [7, 11) is 0. The molecule has 0 amide bonds. The minimum atomic E-state index is 0.491. The Morgan fingerprint density at radius 2 is 2.47 bits per heavy atom. The SMILES string of the molecule is CC1CCc2nc(NN)c(C#N)cc2C1. The number of aryl methyl sites for hydroxylation is 1. The van der Waals surface area contributed by atoms with E-state index in [1.807, 2.05) is 6.07 Å². The van der Waals surface area contributed by atoms with Crippen molar-refractivity contribution in [2.45, 2.75) is 26.2 Å². The lowest BCUT2D eigenvalue weighted by Gasteiger charge is -2.21. The van der Waals surface area contributed by atoms with Gasteiger partial charge in [0.1, 0.15) is 6.07 Å². The summed E-state index contributed by atoms with van der Waals surface area (Å²) in [4.78, 5) is 4.38. The molecule has 0 fully saturated rings. The standard InChI is InChI=1S/C11H14N4/c1-7-2-3-10-8(4-7)5-9(6-12)11(14-10)15-13/h5,7H,2-4,13H2,1H3,(H,14,15). The van der Waals surface area contributed by atoms with E-state index in [1.54, 1.807) is 0 Å². The number of nitrogens with two attached hydrogens (primary N) is 1. The van der Waals surface area contributed by atoms with E-state index in [0.29, 0.717) is 17.3 Å². The van der Waals surface area contributed by atoms with E-state index in [9.17, 15) is 0 Å². The van der Waals surface area contributed by atoms with Crippen LogP contribution in [0.2, 0.25) is 0 Å². The van der Waals surface area contributed by atoms with Crippen LogP contribution in [-0.2, 0) is 12.8 Å². The van der Waals surface area contributed by atoms with E-state index in [-0.39, 0.29) is 0 Å². The molecule has 1 heterocycles. The fourth-order valence-electron chi connectivity index (χ4n) is 2.04. The molecule has 78 valence electrons. The van der Waals surface area contributed by atoms with Gasteiger partial charge in [-0.25, -0.2) is 10.8 Å². The number of hydrogen-bond donors (Lipinski definition) is 2. The summed E-state index contributed by atoms with van der Waals surface area (Å²) < 4.78 is 0. The number of nitrogen functional groups attached to an aromatic ring is 1. The molecule has 1 aromatic rings. The monoisotopic (exact) mass is 202 g/mol. The van der Waals surface area contributed by atoms with Gasteiger partial charge in [0.05, 0.1) is 5.56 Å². The third-order valence-corrected chi connectivity index (χ3v) is 2.89. The third kappa shape index (κ3) is 1.79. The van der Waals surface area contributed by atoms with Crippen LogP contribution in [0, 0.1) is 17.2 Å². The van der Waals surface area contributed by atoms with Gasteiger partial charge in [0, 0.05) is 5.69 Å². The second-order valence-corrected chi connectivity index (χ2v) is 4.09. The molecule has 4 heteroatoms. The summed E-state index contributed by atoms with van der Waals surface area (Å²) in [6.07, 6.45) is 3.16. The third-order valence-electron chi connectivity index (χ3n) is 2.89. The Kier molecular flexibility index (Phi) is 2.57. The molecule has 1 unspecified atom stereocenters. The number of aromatic nitrogens is 1. The second kappa shape index (κ2) is 3.87. The van der Waals surface area contributed by atoms with Gasteiger partial charge in [-0.15, -0.1) is 0 Å². The maximum Gasteiger partial charge on any atom is 0.158 e. The summed E-state index contributed by atoms with van der Waals surface area (Å²) in [5, 5.41) is 8.93. The van der Waals surface area contributed by atoms with Crippen LogP contribution in [0.1, 0.15) is 30.2 Å². The van der Waals surface area contributed by atoms with E-state index in [0.717, 1.165) is 25.0 Å². The lowest BCUT2D eigenvalue weighted by molar-refractivity contribution is 0.494. The van der Waals surface area contributed by atoms with E-state index in [4.69, 9.17) is 11.1 Å². The molecular formula is C11H14N4. The van der Waals surface area contributed by atoms with Crippen LogP contribution in [0.15, 0.2) is 6.07 Å². The maximum atomic E-state index is 8.93. The van der Waals surface area contributed by atoms with Crippen LogP contribution in [0.5, 0.6) is 0 Å². The minimum absolute atomic E-state index is 0.491. The highest BCUT2D eigenvalue weighted by molar-refractivity contribution is 5.53. The molecular weight excluding hydrogens is 188 g/mol. The number of nitrogens with zero attached hydrogens (tertiary/aromatic N) is 2. The van der Waals surface area contributed by atoms with Crippen LogP contribution >= 0.6 is 0 Å². The molecule has 2 rings (SSSR count). The summed E-state index contributed by atoms with van der Waals surface area (Å²) in [6.45, 7) is 2.23. The summed E-state index contributed by atoms with van der Waals surface area (Å²) in [5.74, 6) is 6.50. The minimum Gasteiger partial charge on any atom is -0.307 e. The molecule has 0 spiro atoms. The Morgan fingerprint density at radius 1 is 1.67 bits per heavy atom. The number of rotatable bonds is 1. The Morgan fingerprint density at radius 3 is 3.13 bits per heavy atom. The molecule has 3 N–H and O–H groups in total.